The van der Waals surface area contributed by atoms with Crippen LogP contribution in [0.1, 0.15) is 32.1 Å². The molecule has 5 rings (SSSR count). The number of carbonyl (C=O) groups is 2. The van der Waals surface area contributed by atoms with Crippen LogP contribution in [-0.2, 0) is 9.53 Å². The molecule has 3 heterocycles. The second kappa shape index (κ2) is 10.6. The normalized spacial score (nSPS) is 23.1. The van der Waals surface area contributed by atoms with E-state index in [1.54, 1.807) is 29.2 Å². The first-order valence-electron chi connectivity index (χ1n) is 12.4. The lowest BCUT2D eigenvalue weighted by Gasteiger charge is -2.34. The van der Waals surface area contributed by atoms with Crippen LogP contribution in [0.25, 0.3) is 11.3 Å². The first-order chi connectivity index (χ1) is 17.1. The predicted octanol–water partition coefficient (Wildman–Crippen LogP) is 3.03. The zero-order chi connectivity index (χ0) is 24.2. The second-order valence-electron chi connectivity index (χ2n) is 9.33. The molecule has 3 aliphatic rings. The number of hydrogen-bond acceptors (Lipinski definition) is 7. The fourth-order valence-electron chi connectivity index (χ4n) is 5.06. The number of nitrogens with one attached hydrogen (secondary N) is 2. The highest BCUT2D eigenvalue weighted by Gasteiger charge is 2.30. The molecule has 2 amide bonds. The molecule has 2 N–H and O–H groups in total. The van der Waals surface area contributed by atoms with Gasteiger partial charge in [0.2, 0.25) is 11.9 Å². The van der Waals surface area contributed by atoms with Crippen LogP contribution in [0.3, 0.4) is 0 Å². The van der Waals surface area contributed by atoms with Crippen LogP contribution in [0.15, 0.2) is 30.5 Å². The maximum atomic E-state index is 14.7. The van der Waals surface area contributed by atoms with Gasteiger partial charge in [-0.3, -0.25) is 9.69 Å². The van der Waals surface area contributed by atoms with Crippen LogP contribution in [-0.4, -0.2) is 72.2 Å². The Balaban J connectivity index is 1.24. The molecule has 2 saturated heterocycles. The summed E-state index contributed by atoms with van der Waals surface area (Å²) in [5.74, 6) is 0.170. The summed E-state index contributed by atoms with van der Waals surface area (Å²) in [7, 11) is 0. The van der Waals surface area contributed by atoms with E-state index < -0.39 is 11.9 Å². The number of ether oxygens (including phenoxy) is 1. The summed E-state index contributed by atoms with van der Waals surface area (Å²) in [6.45, 7) is 4.25. The van der Waals surface area contributed by atoms with Gasteiger partial charge in [0.05, 0.1) is 12.8 Å². The summed E-state index contributed by atoms with van der Waals surface area (Å²) >= 11 is 0. The van der Waals surface area contributed by atoms with Gasteiger partial charge in [0.15, 0.2) is 5.82 Å². The fourth-order valence-corrected chi connectivity index (χ4v) is 5.06. The van der Waals surface area contributed by atoms with Gasteiger partial charge in [-0.2, -0.15) is 0 Å². The van der Waals surface area contributed by atoms with Gasteiger partial charge in [-0.15, -0.1) is 0 Å². The number of cyclic esters (lactones) is 1. The summed E-state index contributed by atoms with van der Waals surface area (Å²) in [4.78, 5) is 37.0. The van der Waals surface area contributed by atoms with E-state index in [1.807, 2.05) is 4.90 Å². The maximum Gasteiger partial charge on any atom is 0.414 e. The number of amides is 2. The lowest BCUT2D eigenvalue weighted by Crippen LogP contribution is -2.49. The molecule has 1 aromatic heterocycles. The Morgan fingerprint density at radius 1 is 1.14 bits per heavy atom. The van der Waals surface area contributed by atoms with Crippen molar-refractivity contribution in [2.45, 2.75) is 38.1 Å². The van der Waals surface area contributed by atoms with E-state index in [4.69, 9.17) is 4.74 Å². The van der Waals surface area contributed by atoms with Gasteiger partial charge in [-0.05, 0) is 44.2 Å². The number of halogens is 1. The number of hydrogen-bond donors (Lipinski definition) is 2. The van der Waals surface area contributed by atoms with E-state index >= 15 is 0 Å². The van der Waals surface area contributed by atoms with Crippen molar-refractivity contribution in [1.82, 2.24) is 20.2 Å². The van der Waals surface area contributed by atoms with Crippen LogP contribution in [0.2, 0.25) is 0 Å². The molecular weight excluding hydrogens is 451 g/mol. The minimum absolute atomic E-state index is 0.0695. The highest BCUT2D eigenvalue weighted by molar-refractivity contribution is 5.89. The smallest absolute Gasteiger partial charge is 0.414 e. The Hall–Kier alpha value is -3.27. The van der Waals surface area contributed by atoms with Crippen molar-refractivity contribution in [3.8, 4) is 11.3 Å². The maximum absolute atomic E-state index is 14.7. The molecule has 1 saturated carbocycles. The van der Waals surface area contributed by atoms with E-state index in [0.717, 1.165) is 58.3 Å². The van der Waals surface area contributed by atoms with Gasteiger partial charge in [0.25, 0.3) is 0 Å². The number of rotatable bonds is 5. The summed E-state index contributed by atoms with van der Waals surface area (Å²) < 4.78 is 19.8. The molecule has 1 aliphatic carbocycles. The number of anilines is 2. The van der Waals surface area contributed by atoms with Gasteiger partial charge in [0.1, 0.15) is 5.69 Å². The molecule has 186 valence electrons. The van der Waals surface area contributed by atoms with Crippen LogP contribution in [0.5, 0.6) is 0 Å². The van der Waals surface area contributed by atoms with Crippen LogP contribution < -0.4 is 15.5 Å². The summed E-state index contributed by atoms with van der Waals surface area (Å²) in [6, 6.07) is 7.22. The molecule has 0 unspecified atom stereocenters. The third-order valence-electron chi connectivity index (χ3n) is 6.99. The Labute approximate surface area is 204 Å². The van der Waals surface area contributed by atoms with Crippen molar-refractivity contribution in [2.75, 3.05) is 49.5 Å². The minimum atomic E-state index is -0.528. The molecule has 35 heavy (non-hydrogen) atoms. The standard InChI is InChI=1S/C25H31FN6O3/c26-21-16-28-24(29-19-7-5-17(6-8-19)23(33)31-12-9-27-10-13-31)30-22(21)18-3-1-4-20(15-18)32-11-2-14-35-25(32)34/h1,3-4,15-17,19,27H,2,5-14H2,(H,28,29,30). The summed E-state index contributed by atoms with van der Waals surface area (Å²) in [5, 5.41) is 6.62. The van der Waals surface area contributed by atoms with Crippen LogP contribution >= 0.6 is 0 Å². The number of carbonyl (C=O) groups excluding carboxylic acids is 2. The number of nitrogens with zero attached hydrogens (tertiary/aromatic N) is 4. The van der Waals surface area contributed by atoms with E-state index in [-0.39, 0.29) is 23.6 Å². The first-order valence-corrected chi connectivity index (χ1v) is 12.4. The fraction of sp³-hybridized carbons (Fsp3) is 0.520. The molecule has 0 radical (unpaired) electrons. The number of aromatic nitrogens is 2. The zero-order valence-corrected chi connectivity index (χ0v) is 19.7. The molecule has 0 spiro atoms. The molecule has 3 fully saturated rings. The van der Waals surface area contributed by atoms with Crippen molar-refractivity contribution in [3.05, 3.63) is 36.3 Å². The monoisotopic (exact) mass is 482 g/mol. The minimum Gasteiger partial charge on any atom is -0.449 e. The SMILES string of the molecule is O=C(C1CCC(Nc2ncc(F)c(-c3cccc(N4CCCOC4=O)c3)n2)CC1)N1CCNCC1. The van der Waals surface area contributed by atoms with Crippen molar-refractivity contribution >= 4 is 23.6 Å². The van der Waals surface area contributed by atoms with Crippen molar-refractivity contribution in [3.63, 3.8) is 0 Å². The average Bonchev–Trinajstić information content (AvgIpc) is 2.91. The summed E-state index contributed by atoms with van der Waals surface area (Å²) in [5.41, 5.74) is 1.39. The molecule has 0 atom stereocenters. The van der Waals surface area contributed by atoms with E-state index in [9.17, 15) is 14.0 Å². The lowest BCUT2D eigenvalue weighted by molar-refractivity contribution is -0.137. The van der Waals surface area contributed by atoms with Gasteiger partial charge < -0.3 is 20.3 Å². The van der Waals surface area contributed by atoms with Crippen molar-refractivity contribution in [2.24, 2.45) is 5.92 Å². The molecule has 2 aromatic rings. The molecular formula is C25H31FN6O3. The van der Waals surface area contributed by atoms with Crippen molar-refractivity contribution < 1.29 is 18.7 Å². The van der Waals surface area contributed by atoms with Gasteiger partial charge in [-0.25, -0.2) is 19.2 Å². The number of benzene rings is 1. The first kappa shape index (κ1) is 23.5. The van der Waals surface area contributed by atoms with E-state index in [1.165, 1.54) is 6.20 Å². The highest BCUT2D eigenvalue weighted by Crippen LogP contribution is 2.30. The Morgan fingerprint density at radius 2 is 1.94 bits per heavy atom. The molecule has 9 nitrogen and oxygen atoms in total. The second-order valence-corrected chi connectivity index (χ2v) is 9.33. The number of piperazine rings is 1. The predicted molar refractivity (Wildman–Crippen MR) is 130 cm³/mol. The lowest BCUT2D eigenvalue weighted by atomic mass is 9.85. The zero-order valence-electron chi connectivity index (χ0n) is 19.7. The largest absolute Gasteiger partial charge is 0.449 e. The van der Waals surface area contributed by atoms with Gasteiger partial charge in [-0.1, -0.05) is 12.1 Å². The van der Waals surface area contributed by atoms with E-state index in [0.29, 0.717) is 30.4 Å². The topological polar surface area (TPSA) is 99.7 Å². The van der Waals surface area contributed by atoms with Crippen molar-refractivity contribution in [1.29, 1.82) is 0 Å². The Bertz CT molecular complexity index is 1070. The van der Waals surface area contributed by atoms with Gasteiger partial charge in [0, 0.05) is 55.9 Å². The summed E-state index contributed by atoms with van der Waals surface area (Å²) in [6.07, 6.45) is 4.84. The average molecular weight is 483 g/mol. The molecule has 1 aromatic carbocycles. The van der Waals surface area contributed by atoms with Gasteiger partial charge >= 0.3 is 6.09 Å². The van der Waals surface area contributed by atoms with E-state index in [2.05, 4.69) is 20.6 Å². The Morgan fingerprint density at radius 3 is 2.71 bits per heavy atom. The third-order valence-corrected chi connectivity index (χ3v) is 6.99. The quantitative estimate of drug-likeness (QED) is 0.676. The molecule has 10 heteroatoms. The van der Waals surface area contributed by atoms with Crippen LogP contribution in [0, 0.1) is 11.7 Å². The third kappa shape index (κ3) is 5.37. The Kier molecular flexibility index (Phi) is 7.08. The van der Waals surface area contributed by atoms with Crippen LogP contribution in [0.4, 0.5) is 20.8 Å². The highest BCUT2D eigenvalue weighted by atomic mass is 19.1. The molecule has 0 bridgehead atoms. The molecule has 2 aliphatic heterocycles.